The first-order chi connectivity index (χ1) is 12.9. The van der Waals surface area contributed by atoms with Crippen LogP contribution in [0.3, 0.4) is 0 Å². The van der Waals surface area contributed by atoms with E-state index in [1.807, 2.05) is 26.0 Å². The highest BCUT2D eigenvalue weighted by Crippen LogP contribution is 2.31. The molecule has 0 aliphatic heterocycles. The Kier molecular flexibility index (Phi) is 5.16. The van der Waals surface area contributed by atoms with Crippen LogP contribution in [-0.4, -0.2) is 20.2 Å². The summed E-state index contributed by atoms with van der Waals surface area (Å²) in [5, 5.41) is 0.739. The van der Waals surface area contributed by atoms with Crippen LogP contribution in [0.15, 0.2) is 45.6 Å². The highest BCUT2D eigenvalue weighted by Gasteiger charge is 2.18. The van der Waals surface area contributed by atoms with Gasteiger partial charge in [-0.3, -0.25) is 0 Å². The molecular weight excluding hydrogens is 348 g/mol. The van der Waals surface area contributed by atoms with Crippen LogP contribution in [-0.2, 0) is 11.3 Å². The van der Waals surface area contributed by atoms with Gasteiger partial charge in [0.05, 0.1) is 14.2 Å². The average Bonchev–Trinajstić information content (AvgIpc) is 2.66. The summed E-state index contributed by atoms with van der Waals surface area (Å²) in [4.78, 5) is 24.4. The van der Waals surface area contributed by atoms with Crippen LogP contribution >= 0.6 is 0 Å². The standard InChI is InChI=1S/C21H20O6/c1-12-8-16-14(10-19(22)27-18(16)9-13(12)2)11-26-21(23)15-6-5-7-17(24-3)20(15)25-4/h5-10H,11H2,1-4H3. The van der Waals surface area contributed by atoms with Gasteiger partial charge in [0, 0.05) is 17.0 Å². The summed E-state index contributed by atoms with van der Waals surface area (Å²) in [5.74, 6) is 0.161. The van der Waals surface area contributed by atoms with E-state index in [2.05, 4.69) is 0 Å². The van der Waals surface area contributed by atoms with Gasteiger partial charge in [-0.15, -0.1) is 0 Å². The van der Waals surface area contributed by atoms with Crippen molar-refractivity contribution in [2.24, 2.45) is 0 Å². The lowest BCUT2D eigenvalue weighted by atomic mass is 10.0. The van der Waals surface area contributed by atoms with Gasteiger partial charge in [0.15, 0.2) is 11.5 Å². The van der Waals surface area contributed by atoms with Crippen LogP contribution in [0.4, 0.5) is 0 Å². The molecule has 0 N–H and O–H groups in total. The quantitative estimate of drug-likeness (QED) is 0.504. The fraction of sp³-hybridized carbons (Fsp3) is 0.238. The van der Waals surface area contributed by atoms with E-state index < -0.39 is 11.6 Å². The van der Waals surface area contributed by atoms with E-state index in [0.29, 0.717) is 22.6 Å². The Morgan fingerprint density at radius 1 is 1.04 bits per heavy atom. The molecular formula is C21H20O6. The van der Waals surface area contributed by atoms with Crippen LogP contribution in [0.25, 0.3) is 11.0 Å². The number of rotatable bonds is 5. The second kappa shape index (κ2) is 7.53. The molecule has 0 amide bonds. The summed E-state index contributed by atoms with van der Waals surface area (Å²) in [7, 11) is 2.95. The van der Waals surface area contributed by atoms with Crippen molar-refractivity contribution in [3.05, 3.63) is 69.1 Å². The number of hydrogen-bond acceptors (Lipinski definition) is 6. The lowest BCUT2D eigenvalue weighted by molar-refractivity contribution is 0.0469. The summed E-state index contributed by atoms with van der Waals surface area (Å²) >= 11 is 0. The number of fused-ring (bicyclic) bond motifs is 1. The van der Waals surface area contributed by atoms with Crippen molar-refractivity contribution in [2.45, 2.75) is 20.5 Å². The molecule has 27 heavy (non-hydrogen) atoms. The molecule has 0 aliphatic carbocycles. The van der Waals surface area contributed by atoms with Crippen molar-refractivity contribution in [1.82, 2.24) is 0 Å². The zero-order chi connectivity index (χ0) is 19.6. The summed E-state index contributed by atoms with van der Waals surface area (Å²) in [6.45, 7) is 3.84. The molecule has 0 bridgehead atoms. The molecule has 6 heteroatoms. The second-order valence-electron chi connectivity index (χ2n) is 6.14. The fourth-order valence-electron chi connectivity index (χ4n) is 2.87. The molecule has 0 radical (unpaired) electrons. The normalized spacial score (nSPS) is 10.7. The number of carbonyl (C=O) groups excluding carboxylic acids is 1. The number of carbonyl (C=O) groups is 1. The molecule has 3 rings (SSSR count). The first-order valence-corrected chi connectivity index (χ1v) is 8.36. The van der Waals surface area contributed by atoms with E-state index >= 15 is 0 Å². The third-order valence-corrected chi connectivity index (χ3v) is 4.43. The number of aryl methyl sites for hydroxylation is 2. The smallest absolute Gasteiger partial charge is 0.342 e. The van der Waals surface area contributed by atoms with Gasteiger partial charge in [0.25, 0.3) is 0 Å². The molecule has 1 aromatic heterocycles. The maximum Gasteiger partial charge on any atom is 0.342 e. The Balaban J connectivity index is 1.92. The van der Waals surface area contributed by atoms with Gasteiger partial charge in [-0.1, -0.05) is 6.07 Å². The van der Waals surface area contributed by atoms with E-state index in [4.69, 9.17) is 18.6 Å². The summed E-state index contributed by atoms with van der Waals surface area (Å²) < 4.78 is 21.2. The Bertz CT molecular complexity index is 1060. The molecule has 0 aliphatic rings. The predicted molar refractivity (Wildman–Crippen MR) is 101 cm³/mol. The van der Waals surface area contributed by atoms with Gasteiger partial charge in [-0.25, -0.2) is 9.59 Å². The molecule has 1 heterocycles. The van der Waals surface area contributed by atoms with Crippen LogP contribution in [0.1, 0.15) is 27.0 Å². The highest BCUT2D eigenvalue weighted by molar-refractivity contribution is 5.93. The lowest BCUT2D eigenvalue weighted by Crippen LogP contribution is -2.10. The van der Waals surface area contributed by atoms with Gasteiger partial charge in [0.2, 0.25) is 0 Å². The van der Waals surface area contributed by atoms with E-state index in [0.717, 1.165) is 16.5 Å². The van der Waals surface area contributed by atoms with Crippen LogP contribution < -0.4 is 15.1 Å². The minimum Gasteiger partial charge on any atom is -0.493 e. The summed E-state index contributed by atoms with van der Waals surface area (Å²) in [6, 6.07) is 10.0. The summed E-state index contributed by atoms with van der Waals surface area (Å²) in [6.07, 6.45) is 0. The SMILES string of the molecule is COc1cccc(C(=O)OCc2cc(=O)oc3cc(C)c(C)cc23)c1OC. The van der Waals surface area contributed by atoms with Crippen molar-refractivity contribution in [3.63, 3.8) is 0 Å². The third kappa shape index (κ3) is 3.65. The Morgan fingerprint density at radius 2 is 1.78 bits per heavy atom. The molecule has 0 atom stereocenters. The first-order valence-electron chi connectivity index (χ1n) is 8.36. The van der Waals surface area contributed by atoms with Crippen LogP contribution in [0, 0.1) is 13.8 Å². The van der Waals surface area contributed by atoms with Crippen LogP contribution in [0.2, 0.25) is 0 Å². The fourth-order valence-corrected chi connectivity index (χ4v) is 2.87. The van der Waals surface area contributed by atoms with E-state index in [1.165, 1.54) is 20.3 Å². The van der Waals surface area contributed by atoms with Crippen molar-refractivity contribution in [2.75, 3.05) is 14.2 Å². The Labute approximate surface area is 156 Å². The van der Waals surface area contributed by atoms with Gasteiger partial charge in [-0.05, 0) is 49.2 Å². The van der Waals surface area contributed by atoms with E-state index in [1.54, 1.807) is 18.2 Å². The molecule has 0 saturated heterocycles. The topological polar surface area (TPSA) is 75.0 Å². The lowest BCUT2D eigenvalue weighted by Gasteiger charge is -2.13. The minimum atomic E-state index is -0.573. The molecule has 6 nitrogen and oxygen atoms in total. The molecule has 0 saturated carbocycles. The van der Waals surface area contributed by atoms with E-state index in [9.17, 15) is 9.59 Å². The van der Waals surface area contributed by atoms with Gasteiger partial charge < -0.3 is 18.6 Å². The average molecular weight is 368 g/mol. The number of para-hydroxylation sites is 1. The number of benzene rings is 2. The minimum absolute atomic E-state index is 0.0657. The molecule has 0 fully saturated rings. The molecule has 140 valence electrons. The third-order valence-electron chi connectivity index (χ3n) is 4.43. The number of methoxy groups -OCH3 is 2. The predicted octanol–water partition coefficient (Wildman–Crippen LogP) is 3.78. The maximum absolute atomic E-state index is 12.5. The van der Waals surface area contributed by atoms with Gasteiger partial charge in [-0.2, -0.15) is 0 Å². The van der Waals surface area contributed by atoms with Crippen molar-refractivity contribution >= 4 is 16.9 Å². The van der Waals surface area contributed by atoms with Gasteiger partial charge in [0.1, 0.15) is 17.8 Å². The number of ether oxygens (including phenoxy) is 3. The number of esters is 1. The van der Waals surface area contributed by atoms with Crippen molar-refractivity contribution in [3.8, 4) is 11.5 Å². The molecule has 0 spiro atoms. The van der Waals surface area contributed by atoms with Crippen LogP contribution in [0.5, 0.6) is 11.5 Å². The maximum atomic E-state index is 12.5. The first kappa shape index (κ1) is 18.5. The number of hydrogen-bond donors (Lipinski definition) is 0. The molecule has 3 aromatic rings. The van der Waals surface area contributed by atoms with Gasteiger partial charge >= 0.3 is 11.6 Å². The highest BCUT2D eigenvalue weighted by atomic mass is 16.5. The Hall–Kier alpha value is -3.28. The monoisotopic (exact) mass is 368 g/mol. The van der Waals surface area contributed by atoms with E-state index in [-0.39, 0.29) is 12.2 Å². The van der Waals surface area contributed by atoms with Crippen molar-refractivity contribution < 1.29 is 23.4 Å². The molecule has 2 aromatic carbocycles. The van der Waals surface area contributed by atoms with Crippen molar-refractivity contribution in [1.29, 1.82) is 0 Å². The molecule has 0 unspecified atom stereocenters. The largest absolute Gasteiger partial charge is 0.493 e. The zero-order valence-corrected chi connectivity index (χ0v) is 15.6. The zero-order valence-electron chi connectivity index (χ0n) is 15.6. The summed E-state index contributed by atoms with van der Waals surface area (Å²) in [5.41, 5.74) is 2.88. The Morgan fingerprint density at radius 3 is 2.48 bits per heavy atom. The second-order valence-corrected chi connectivity index (χ2v) is 6.14.